The molecule has 186 valence electrons. The summed E-state index contributed by atoms with van der Waals surface area (Å²) >= 11 is 0. The number of amides is 2. The van der Waals surface area contributed by atoms with E-state index in [4.69, 9.17) is 9.47 Å². The summed E-state index contributed by atoms with van der Waals surface area (Å²) in [6.07, 6.45) is 0.444. The highest BCUT2D eigenvalue weighted by atomic mass is 16.5. The minimum atomic E-state index is -0.204. The summed E-state index contributed by atoms with van der Waals surface area (Å²) in [4.78, 5) is 24.4. The van der Waals surface area contributed by atoms with Crippen LogP contribution >= 0.6 is 0 Å². The third-order valence-electron chi connectivity index (χ3n) is 5.46. The molecule has 0 atom stereocenters. The van der Waals surface area contributed by atoms with Gasteiger partial charge in [-0.25, -0.2) is 10.9 Å². The highest BCUT2D eigenvalue weighted by Crippen LogP contribution is 2.13. The van der Waals surface area contributed by atoms with Crippen LogP contribution in [0.2, 0.25) is 0 Å². The molecule has 0 unspecified atom stereocenters. The van der Waals surface area contributed by atoms with Gasteiger partial charge in [0.2, 0.25) is 11.8 Å². The summed E-state index contributed by atoms with van der Waals surface area (Å²) in [7, 11) is 3.20. The number of methoxy groups -OCH3 is 2. The van der Waals surface area contributed by atoms with Crippen LogP contribution in [0.25, 0.3) is 0 Å². The number of carbonyl (C=O) groups is 2. The van der Waals surface area contributed by atoms with Crippen LogP contribution in [0.4, 0.5) is 0 Å². The van der Waals surface area contributed by atoms with E-state index in [0.717, 1.165) is 33.8 Å². The van der Waals surface area contributed by atoms with Crippen molar-refractivity contribution in [2.75, 3.05) is 14.2 Å². The van der Waals surface area contributed by atoms with Crippen molar-refractivity contribution in [1.29, 1.82) is 0 Å². The summed E-state index contributed by atoms with van der Waals surface area (Å²) in [5, 5.41) is 8.41. The first-order valence-corrected chi connectivity index (χ1v) is 11.4. The number of benzene rings is 3. The fraction of sp³-hybridized carbons (Fsp3) is 0.214. The largest absolute Gasteiger partial charge is 0.497 e. The maximum atomic E-state index is 12.2. The van der Waals surface area contributed by atoms with Crippen LogP contribution in [0.1, 0.15) is 36.1 Å². The van der Waals surface area contributed by atoms with Gasteiger partial charge in [-0.2, -0.15) is 10.2 Å². The second kappa shape index (κ2) is 12.9. The minimum absolute atomic E-state index is 0.204. The van der Waals surface area contributed by atoms with Crippen molar-refractivity contribution in [1.82, 2.24) is 10.9 Å². The Labute approximate surface area is 211 Å². The van der Waals surface area contributed by atoms with E-state index in [9.17, 15) is 9.59 Å². The summed E-state index contributed by atoms with van der Waals surface area (Å²) < 4.78 is 10.3. The second-order valence-electron chi connectivity index (χ2n) is 8.09. The SMILES string of the molecule is COc1ccc(CC(=O)NN=C(C)c2ccc(C(C)=NNC(=O)Cc3ccc(OC)cc3)cc2)cc1. The molecule has 2 amide bonds. The number of nitrogens with one attached hydrogen (secondary N) is 2. The molecular weight excluding hydrogens is 456 g/mol. The Hall–Kier alpha value is -4.46. The van der Waals surface area contributed by atoms with E-state index < -0.39 is 0 Å². The van der Waals surface area contributed by atoms with Crippen molar-refractivity contribution in [3.05, 3.63) is 95.1 Å². The average Bonchev–Trinajstić information content (AvgIpc) is 2.91. The predicted molar refractivity (Wildman–Crippen MR) is 141 cm³/mol. The zero-order valence-electron chi connectivity index (χ0n) is 20.9. The Bertz CT molecular complexity index is 1130. The predicted octanol–water partition coefficient (Wildman–Crippen LogP) is 3.87. The molecule has 8 nitrogen and oxygen atoms in total. The average molecular weight is 487 g/mol. The molecule has 36 heavy (non-hydrogen) atoms. The topological polar surface area (TPSA) is 101 Å². The molecule has 0 saturated heterocycles. The quantitative estimate of drug-likeness (QED) is 0.336. The van der Waals surface area contributed by atoms with Crippen molar-refractivity contribution in [2.45, 2.75) is 26.7 Å². The Morgan fingerprint density at radius 3 is 1.25 bits per heavy atom. The molecule has 0 aliphatic rings. The van der Waals surface area contributed by atoms with Crippen LogP contribution in [-0.2, 0) is 22.4 Å². The van der Waals surface area contributed by atoms with Gasteiger partial charge < -0.3 is 9.47 Å². The maximum absolute atomic E-state index is 12.2. The Morgan fingerprint density at radius 1 is 0.611 bits per heavy atom. The molecule has 0 aliphatic heterocycles. The van der Waals surface area contributed by atoms with Crippen LogP contribution in [0.15, 0.2) is 83.0 Å². The lowest BCUT2D eigenvalue weighted by molar-refractivity contribution is -0.121. The first-order chi connectivity index (χ1) is 17.4. The number of rotatable bonds is 10. The summed E-state index contributed by atoms with van der Waals surface area (Å²) in [6.45, 7) is 3.64. The van der Waals surface area contributed by atoms with E-state index >= 15 is 0 Å². The fourth-order valence-corrected chi connectivity index (χ4v) is 3.31. The van der Waals surface area contributed by atoms with Crippen molar-refractivity contribution in [2.24, 2.45) is 10.2 Å². The first kappa shape index (κ1) is 26.2. The smallest absolute Gasteiger partial charge is 0.244 e. The number of hydrazone groups is 2. The van der Waals surface area contributed by atoms with E-state index in [1.54, 1.807) is 14.2 Å². The van der Waals surface area contributed by atoms with Crippen molar-refractivity contribution < 1.29 is 19.1 Å². The third kappa shape index (κ3) is 7.80. The lowest BCUT2D eigenvalue weighted by atomic mass is 10.1. The van der Waals surface area contributed by atoms with Crippen molar-refractivity contribution in [3.63, 3.8) is 0 Å². The first-order valence-electron chi connectivity index (χ1n) is 11.4. The lowest BCUT2D eigenvalue weighted by Crippen LogP contribution is -2.21. The number of hydrogen-bond donors (Lipinski definition) is 2. The fourth-order valence-electron chi connectivity index (χ4n) is 3.31. The molecule has 8 heteroatoms. The molecule has 0 aliphatic carbocycles. The molecule has 0 saturated carbocycles. The van der Waals surface area contributed by atoms with E-state index in [1.807, 2.05) is 86.6 Å². The van der Waals surface area contributed by atoms with Crippen LogP contribution in [0.3, 0.4) is 0 Å². The van der Waals surface area contributed by atoms with Gasteiger partial charge in [-0.15, -0.1) is 0 Å². The Kier molecular flexibility index (Phi) is 9.33. The molecule has 0 aromatic heterocycles. The zero-order chi connectivity index (χ0) is 25.9. The van der Waals surface area contributed by atoms with E-state index in [-0.39, 0.29) is 24.7 Å². The molecule has 3 rings (SSSR count). The molecule has 0 fully saturated rings. The van der Waals surface area contributed by atoms with Crippen LogP contribution in [0.5, 0.6) is 11.5 Å². The summed E-state index contributed by atoms with van der Waals surface area (Å²) in [5.74, 6) is 1.08. The molecule has 0 heterocycles. The molecule has 0 radical (unpaired) electrons. The highest BCUT2D eigenvalue weighted by molar-refractivity contribution is 6.02. The van der Waals surface area contributed by atoms with Gasteiger partial charge in [0, 0.05) is 0 Å². The van der Waals surface area contributed by atoms with Gasteiger partial charge in [-0.1, -0.05) is 48.5 Å². The van der Waals surface area contributed by atoms with Gasteiger partial charge in [0.25, 0.3) is 0 Å². The number of hydrogen-bond acceptors (Lipinski definition) is 6. The number of nitrogens with zero attached hydrogens (tertiary/aromatic N) is 2. The molecule has 0 spiro atoms. The standard InChI is InChI=1S/C28H30N4O4/c1-19(29-31-27(33)17-21-5-13-25(35-3)14-6-21)23-9-11-24(12-10-23)20(2)30-32-28(34)18-22-7-15-26(36-4)16-8-22/h5-16H,17-18H2,1-4H3,(H,31,33)(H,32,34). The second-order valence-corrected chi connectivity index (χ2v) is 8.09. The molecule has 2 N–H and O–H groups in total. The normalized spacial score (nSPS) is 11.6. The van der Waals surface area contributed by atoms with Crippen LogP contribution in [-0.4, -0.2) is 37.5 Å². The van der Waals surface area contributed by atoms with Crippen LogP contribution in [0, 0.1) is 0 Å². The number of ether oxygens (including phenoxy) is 2. The Balaban J connectivity index is 1.51. The van der Waals surface area contributed by atoms with Crippen LogP contribution < -0.4 is 20.3 Å². The Morgan fingerprint density at radius 2 is 0.944 bits per heavy atom. The van der Waals surface area contributed by atoms with Crippen molar-refractivity contribution in [3.8, 4) is 11.5 Å². The molecular formula is C28H30N4O4. The van der Waals surface area contributed by atoms with Gasteiger partial charge in [0.1, 0.15) is 11.5 Å². The highest BCUT2D eigenvalue weighted by Gasteiger charge is 2.06. The summed E-state index contributed by atoms with van der Waals surface area (Å²) in [6, 6.07) is 22.2. The third-order valence-corrected chi connectivity index (χ3v) is 5.46. The monoisotopic (exact) mass is 486 g/mol. The lowest BCUT2D eigenvalue weighted by Gasteiger charge is -2.06. The van der Waals surface area contributed by atoms with E-state index in [1.165, 1.54) is 0 Å². The molecule has 0 bridgehead atoms. The summed E-state index contributed by atoms with van der Waals surface area (Å²) in [5.41, 5.74) is 10.00. The molecule has 3 aromatic carbocycles. The van der Waals surface area contributed by atoms with E-state index in [0.29, 0.717) is 11.4 Å². The maximum Gasteiger partial charge on any atom is 0.244 e. The minimum Gasteiger partial charge on any atom is -0.497 e. The van der Waals surface area contributed by atoms with E-state index in [2.05, 4.69) is 21.1 Å². The van der Waals surface area contributed by atoms with Gasteiger partial charge in [-0.05, 0) is 60.4 Å². The zero-order valence-corrected chi connectivity index (χ0v) is 20.9. The number of carbonyl (C=O) groups excluding carboxylic acids is 2. The van der Waals surface area contributed by atoms with Gasteiger partial charge in [0.05, 0.1) is 38.5 Å². The van der Waals surface area contributed by atoms with Gasteiger partial charge in [-0.3, -0.25) is 9.59 Å². The van der Waals surface area contributed by atoms with Gasteiger partial charge >= 0.3 is 0 Å². The van der Waals surface area contributed by atoms with Gasteiger partial charge in [0.15, 0.2) is 0 Å². The van der Waals surface area contributed by atoms with Crippen molar-refractivity contribution >= 4 is 23.2 Å². The molecule has 3 aromatic rings.